The molecule has 3 heterocycles. The number of fused-ring (bicyclic) bond motifs is 4. The molecule has 0 radical (unpaired) electrons. The van der Waals surface area contributed by atoms with Gasteiger partial charge in [0, 0.05) is 22.7 Å². The predicted molar refractivity (Wildman–Crippen MR) is 118 cm³/mol. The predicted octanol–water partition coefficient (Wildman–Crippen LogP) is 3.06. The van der Waals surface area contributed by atoms with Crippen LogP contribution in [0.2, 0.25) is 5.02 Å². The topological polar surface area (TPSA) is 78.5 Å². The molecule has 8 heteroatoms. The van der Waals surface area contributed by atoms with E-state index in [0.29, 0.717) is 10.7 Å². The van der Waals surface area contributed by atoms with Crippen molar-refractivity contribution in [1.82, 2.24) is 10.2 Å². The van der Waals surface area contributed by atoms with Crippen LogP contribution in [0.15, 0.2) is 12.1 Å². The highest BCUT2D eigenvalue weighted by Gasteiger charge is 2.70. The van der Waals surface area contributed by atoms with E-state index in [9.17, 15) is 14.4 Å². The van der Waals surface area contributed by atoms with Gasteiger partial charge in [-0.25, -0.2) is 0 Å². The number of hydrogen-bond acceptors (Lipinski definition) is 5. The monoisotopic (exact) mass is 447 g/mol. The molecule has 3 amide bonds. The number of nitrogens with one attached hydrogen (secondary N) is 2. The molecule has 0 bridgehead atoms. The van der Waals surface area contributed by atoms with Crippen molar-refractivity contribution in [3.05, 3.63) is 28.3 Å². The van der Waals surface area contributed by atoms with Gasteiger partial charge in [-0.1, -0.05) is 30.5 Å². The number of carbonyl (C=O) groups excluding carboxylic acids is 3. The first-order valence-electron chi connectivity index (χ1n) is 10.7. The molecule has 1 saturated carbocycles. The van der Waals surface area contributed by atoms with Crippen molar-refractivity contribution in [3.8, 4) is 0 Å². The Kier molecular flexibility index (Phi) is 4.91. The van der Waals surface area contributed by atoms with Gasteiger partial charge in [0.25, 0.3) is 0 Å². The van der Waals surface area contributed by atoms with Crippen LogP contribution in [0.25, 0.3) is 0 Å². The van der Waals surface area contributed by atoms with Gasteiger partial charge in [-0.05, 0) is 49.8 Å². The van der Waals surface area contributed by atoms with Crippen LogP contribution in [0.5, 0.6) is 0 Å². The zero-order valence-corrected chi connectivity index (χ0v) is 18.7. The lowest BCUT2D eigenvalue weighted by Crippen LogP contribution is -2.54. The first kappa shape index (κ1) is 20.3. The van der Waals surface area contributed by atoms with Gasteiger partial charge in [0.15, 0.2) is 0 Å². The molecular formula is C22H26ClN3O3S. The van der Waals surface area contributed by atoms with E-state index in [2.05, 4.69) is 10.6 Å². The number of amides is 3. The largest absolute Gasteiger partial charge is 0.324 e. The minimum atomic E-state index is -1.21. The fraction of sp³-hybridized carbons (Fsp3) is 0.591. The number of benzene rings is 1. The molecule has 30 heavy (non-hydrogen) atoms. The number of anilines is 1. The summed E-state index contributed by atoms with van der Waals surface area (Å²) in [7, 11) is 0. The van der Waals surface area contributed by atoms with Crippen LogP contribution >= 0.6 is 23.4 Å². The molecule has 4 aliphatic rings. The first-order chi connectivity index (χ1) is 14.4. The third-order valence-corrected chi connectivity index (χ3v) is 8.49. The molecule has 1 aromatic rings. The third kappa shape index (κ3) is 2.58. The third-order valence-electron chi connectivity index (χ3n) is 7.44. The number of carbonyl (C=O) groups is 3. The molecule has 3 fully saturated rings. The molecular weight excluding hydrogens is 422 g/mol. The molecule has 4 atom stereocenters. The number of halogens is 1. The van der Waals surface area contributed by atoms with Gasteiger partial charge >= 0.3 is 0 Å². The lowest BCUT2D eigenvalue weighted by molar-refractivity contribution is -0.145. The van der Waals surface area contributed by atoms with Crippen LogP contribution in [-0.4, -0.2) is 46.7 Å². The van der Waals surface area contributed by atoms with E-state index in [-0.39, 0.29) is 29.8 Å². The van der Waals surface area contributed by atoms with E-state index < -0.39 is 17.4 Å². The maximum atomic E-state index is 13.7. The molecule has 1 spiro atoms. The minimum absolute atomic E-state index is 0.0234. The Morgan fingerprint density at radius 3 is 2.63 bits per heavy atom. The smallest absolute Gasteiger partial charge is 0.250 e. The minimum Gasteiger partial charge on any atom is -0.324 e. The summed E-state index contributed by atoms with van der Waals surface area (Å²) >= 11 is 8.01. The Bertz CT molecular complexity index is 948. The highest BCUT2D eigenvalue weighted by Crippen LogP contribution is 2.55. The summed E-state index contributed by atoms with van der Waals surface area (Å²) in [6.07, 6.45) is 6.57. The zero-order valence-electron chi connectivity index (χ0n) is 17.2. The molecule has 0 unspecified atom stereocenters. The molecule has 2 N–H and O–H groups in total. The van der Waals surface area contributed by atoms with E-state index in [1.54, 1.807) is 17.8 Å². The average molecular weight is 448 g/mol. The Morgan fingerprint density at radius 1 is 1.20 bits per heavy atom. The van der Waals surface area contributed by atoms with Crippen LogP contribution in [0.1, 0.15) is 43.2 Å². The average Bonchev–Trinajstić information content (AvgIpc) is 3.46. The standard InChI is InChI=1S/C22H26ClN3O3S/c1-11-14(23)8-7-13-18(11)24-21(29)22(13)17-16(15(25-22)9-10-30-2)19(27)26(20(17)28)12-5-3-4-6-12/h7-8,12,15-17,25H,3-6,9-10H2,1-2H3,(H,24,29)/t15-,16+,17-,22+/m0/s1. The van der Waals surface area contributed by atoms with E-state index in [0.717, 1.165) is 49.0 Å². The lowest BCUT2D eigenvalue weighted by atomic mass is 9.76. The zero-order chi connectivity index (χ0) is 21.2. The maximum absolute atomic E-state index is 13.7. The van der Waals surface area contributed by atoms with Crippen molar-refractivity contribution in [3.63, 3.8) is 0 Å². The van der Waals surface area contributed by atoms with E-state index in [1.165, 1.54) is 4.90 Å². The van der Waals surface area contributed by atoms with Gasteiger partial charge in [-0.3, -0.25) is 24.6 Å². The summed E-state index contributed by atoms with van der Waals surface area (Å²) in [5, 5.41) is 7.04. The van der Waals surface area contributed by atoms with Crippen molar-refractivity contribution in [2.45, 2.75) is 56.7 Å². The van der Waals surface area contributed by atoms with Crippen LogP contribution in [0.4, 0.5) is 5.69 Å². The summed E-state index contributed by atoms with van der Waals surface area (Å²) < 4.78 is 0. The normalized spacial score (nSPS) is 33.0. The van der Waals surface area contributed by atoms with Crippen molar-refractivity contribution in [1.29, 1.82) is 0 Å². The van der Waals surface area contributed by atoms with Crippen molar-refractivity contribution >= 4 is 46.8 Å². The molecule has 0 aromatic heterocycles. The number of likely N-dealkylation sites (tertiary alicyclic amines) is 1. The Morgan fingerprint density at radius 2 is 1.93 bits per heavy atom. The Labute approximate surface area is 185 Å². The highest BCUT2D eigenvalue weighted by atomic mass is 35.5. The number of hydrogen-bond donors (Lipinski definition) is 2. The van der Waals surface area contributed by atoms with Crippen molar-refractivity contribution in [2.24, 2.45) is 11.8 Å². The maximum Gasteiger partial charge on any atom is 0.250 e. The number of thioether (sulfide) groups is 1. The first-order valence-corrected chi connectivity index (χ1v) is 12.4. The SMILES string of the molecule is CSCC[C@@H]1N[C@@]2(C(=O)Nc3c2ccc(Cl)c3C)[C@@H]2C(=O)N(C3CCCC3)C(=O)[C@H]12. The number of rotatable bonds is 4. The molecule has 1 aromatic carbocycles. The fourth-order valence-electron chi connectivity index (χ4n) is 6.03. The summed E-state index contributed by atoms with van der Waals surface area (Å²) in [4.78, 5) is 42.2. The van der Waals surface area contributed by atoms with Gasteiger partial charge in [0.05, 0.1) is 17.5 Å². The van der Waals surface area contributed by atoms with Gasteiger partial charge in [0.2, 0.25) is 17.7 Å². The Balaban J connectivity index is 1.64. The fourth-order valence-corrected chi connectivity index (χ4v) is 6.67. The number of imide groups is 1. The van der Waals surface area contributed by atoms with E-state index in [1.807, 2.05) is 19.2 Å². The quantitative estimate of drug-likeness (QED) is 0.693. The summed E-state index contributed by atoms with van der Waals surface area (Å²) in [5.74, 6) is -0.891. The molecule has 5 rings (SSSR count). The summed E-state index contributed by atoms with van der Waals surface area (Å²) in [6.45, 7) is 1.87. The second-order valence-electron chi connectivity index (χ2n) is 8.88. The molecule has 160 valence electrons. The molecule has 3 aliphatic heterocycles. The van der Waals surface area contributed by atoms with Gasteiger partial charge < -0.3 is 5.32 Å². The lowest BCUT2D eigenvalue weighted by Gasteiger charge is -2.31. The summed E-state index contributed by atoms with van der Waals surface area (Å²) in [5.41, 5.74) is 0.988. The van der Waals surface area contributed by atoms with E-state index in [4.69, 9.17) is 11.6 Å². The second-order valence-corrected chi connectivity index (χ2v) is 10.3. The van der Waals surface area contributed by atoms with Gasteiger partial charge in [-0.2, -0.15) is 11.8 Å². The van der Waals surface area contributed by atoms with Gasteiger partial charge in [-0.15, -0.1) is 0 Å². The Hall–Kier alpha value is -1.57. The van der Waals surface area contributed by atoms with Crippen LogP contribution < -0.4 is 10.6 Å². The summed E-state index contributed by atoms with van der Waals surface area (Å²) in [6, 6.07) is 3.38. The van der Waals surface area contributed by atoms with Crippen LogP contribution in [0, 0.1) is 18.8 Å². The second kappa shape index (κ2) is 7.24. The van der Waals surface area contributed by atoms with Crippen molar-refractivity contribution in [2.75, 3.05) is 17.3 Å². The van der Waals surface area contributed by atoms with E-state index >= 15 is 0 Å². The van der Waals surface area contributed by atoms with Crippen LogP contribution in [0.3, 0.4) is 0 Å². The highest BCUT2D eigenvalue weighted by molar-refractivity contribution is 7.98. The van der Waals surface area contributed by atoms with Crippen LogP contribution in [-0.2, 0) is 19.9 Å². The van der Waals surface area contributed by atoms with Crippen molar-refractivity contribution < 1.29 is 14.4 Å². The molecule has 1 aliphatic carbocycles. The molecule has 6 nitrogen and oxygen atoms in total. The van der Waals surface area contributed by atoms with Gasteiger partial charge in [0.1, 0.15) is 5.54 Å². The molecule has 2 saturated heterocycles. The number of nitrogens with zero attached hydrogens (tertiary/aromatic N) is 1.